The van der Waals surface area contributed by atoms with E-state index < -0.39 is 27.6 Å². The predicted molar refractivity (Wildman–Crippen MR) is 96.8 cm³/mol. The lowest BCUT2D eigenvalue weighted by atomic mass is 10.2. The predicted octanol–water partition coefficient (Wildman–Crippen LogP) is 2.81. The maximum absolute atomic E-state index is 14.1. The third kappa shape index (κ3) is 4.01. The van der Waals surface area contributed by atoms with Gasteiger partial charge in [-0.25, -0.2) is 17.2 Å². The van der Waals surface area contributed by atoms with E-state index in [-0.39, 0.29) is 30.1 Å². The van der Waals surface area contributed by atoms with Gasteiger partial charge in [0.2, 0.25) is 10.0 Å². The molecule has 1 heterocycles. The summed E-state index contributed by atoms with van der Waals surface area (Å²) >= 11 is 0. The summed E-state index contributed by atoms with van der Waals surface area (Å²) in [7, 11) is -4.01. The number of aryl methyl sites for hydroxylation is 1. The summed E-state index contributed by atoms with van der Waals surface area (Å²) in [6.07, 6.45) is 0.382. The highest BCUT2D eigenvalue weighted by Crippen LogP contribution is 2.22. The van der Waals surface area contributed by atoms with Gasteiger partial charge >= 0.3 is 0 Å². The van der Waals surface area contributed by atoms with Gasteiger partial charge in [0, 0.05) is 26.2 Å². The van der Waals surface area contributed by atoms with E-state index in [1.54, 1.807) is 13.0 Å². The summed E-state index contributed by atoms with van der Waals surface area (Å²) in [6, 6.07) is 9.63. The van der Waals surface area contributed by atoms with Crippen LogP contribution in [0.2, 0.25) is 0 Å². The molecule has 0 atom stereocenters. The van der Waals surface area contributed by atoms with Crippen molar-refractivity contribution in [1.29, 1.82) is 0 Å². The number of benzene rings is 2. The SMILES string of the molecule is Cc1ccc(F)c(S(=O)(=O)N2CCCN(C(=O)c3ccccc3F)CC2)c1. The lowest BCUT2D eigenvalue weighted by molar-refractivity contribution is 0.0759. The molecule has 1 amide bonds. The second kappa shape index (κ2) is 7.74. The largest absolute Gasteiger partial charge is 0.337 e. The monoisotopic (exact) mass is 394 g/mol. The first-order chi connectivity index (χ1) is 12.8. The second-order valence-electron chi connectivity index (χ2n) is 6.46. The Labute approximate surface area is 157 Å². The summed E-state index contributed by atoms with van der Waals surface area (Å²) in [6.45, 7) is 2.29. The number of halogens is 2. The molecule has 27 heavy (non-hydrogen) atoms. The fourth-order valence-corrected chi connectivity index (χ4v) is 4.71. The number of rotatable bonds is 3. The summed E-state index contributed by atoms with van der Waals surface area (Å²) in [4.78, 5) is 13.6. The average molecular weight is 394 g/mol. The lowest BCUT2D eigenvalue weighted by Gasteiger charge is -2.22. The van der Waals surface area contributed by atoms with Crippen molar-refractivity contribution in [2.45, 2.75) is 18.2 Å². The summed E-state index contributed by atoms with van der Waals surface area (Å²) in [5.41, 5.74) is 0.597. The molecule has 1 saturated heterocycles. The van der Waals surface area contributed by atoms with Gasteiger partial charge in [0.15, 0.2) is 0 Å². The van der Waals surface area contributed by atoms with Crippen LogP contribution in [-0.4, -0.2) is 49.7 Å². The quantitative estimate of drug-likeness (QED) is 0.804. The molecule has 1 fully saturated rings. The lowest BCUT2D eigenvalue weighted by Crippen LogP contribution is -2.37. The van der Waals surface area contributed by atoms with Crippen LogP contribution in [-0.2, 0) is 10.0 Å². The third-order valence-corrected chi connectivity index (χ3v) is 6.46. The zero-order chi connectivity index (χ0) is 19.6. The van der Waals surface area contributed by atoms with E-state index >= 15 is 0 Å². The van der Waals surface area contributed by atoms with Gasteiger partial charge in [-0.3, -0.25) is 4.79 Å². The van der Waals surface area contributed by atoms with Crippen molar-refractivity contribution in [2.75, 3.05) is 26.2 Å². The molecule has 8 heteroatoms. The van der Waals surface area contributed by atoms with Crippen molar-refractivity contribution in [1.82, 2.24) is 9.21 Å². The van der Waals surface area contributed by atoms with E-state index in [1.807, 2.05) is 0 Å². The molecule has 1 aliphatic rings. The van der Waals surface area contributed by atoms with Crippen LogP contribution in [0.3, 0.4) is 0 Å². The second-order valence-corrected chi connectivity index (χ2v) is 8.37. The average Bonchev–Trinajstić information content (AvgIpc) is 2.90. The molecule has 0 unspecified atom stereocenters. The minimum Gasteiger partial charge on any atom is -0.337 e. The fourth-order valence-electron chi connectivity index (χ4n) is 3.09. The Hall–Kier alpha value is -2.32. The van der Waals surface area contributed by atoms with E-state index in [1.165, 1.54) is 39.5 Å². The summed E-state index contributed by atoms with van der Waals surface area (Å²) in [5, 5.41) is 0. The Kier molecular flexibility index (Phi) is 5.57. The van der Waals surface area contributed by atoms with Crippen molar-refractivity contribution >= 4 is 15.9 Å². The van der Waals surface area contributed by atoms with E-state index in [0.717, 1.165) is 6.07 Å². The molecule has 2 aromatic rings. The van der Waals surface area contributed by atoms with Crippen LogP contribution in [0, 0.1) is 18.6 Å². The van der Waals surface area contributed by atoms with Gasteiger partial charge in [0.05, 0.1) is 5.56 Å². The molecule has 0 radical (unpaired) electrons. The first kappa shape index (κ1) is 19.4. The Bertz CT molecular complexity index is 963. The highest BCUT2D eigenvalue weighted by atomic mass is 32.2. The zero-order valence-electron chi connectivity index (χ0n) is 14.9. The van der Waals surface area contributed by atoms with Crippen LogP contribution >= 0.6 is 0 Å². The summed E-state index contributed by atoms with van der Waals surface area (Å²) < 4.78 is 54.8. The minimum absolute atomic E-state index is 0.0237. The van der Waals surface area contributed by atoms with Crippen molar-refractivity contribution < 1.29 is 22.0 Å². The van der Waals surface area contributed by atoms with Crippen molar-refractivity contribution in [3.8, 4) is 0 Å². The van der Waals surface area contributed by atoms with Gasteiger partial charge in [-0.15, -0.1) is 0 Å². The smallest absolute Gasteiger partial charge is 0.256 e. The van der Waals surface area contributed by atoms with Crippen LogP contribution in [0.25, 0.3) is 0 Å². The van der Waals surface area contributed by atoms with Crippen LogP contribution < -0.4 is 0 Å². The number of carbonyl (C=O) groups is 1. The Morgan fingerprint density at radius 1 is 0.963 bits per heavy atom. The molecule has 0 spiro atoms. The Morgan fingerprint density at radius 3 is 2.44 bits per heavy atom. The third-order valence-electron chi connectivity index (χ3n) is 4.55. The molecular weight excluding hydrogens is 374 g/mol. The minimum atomic E-state index is -4.01. The number of hydrogen-bond acceptors (Lipinski definition) is 3. The maximum Gasteiger partial charge on any atom is 0.256 e. The Morgan fingerprint density at radius 2 is 1.70 bits per heavy atom. The number of amides is 1. The van der Waals surface area contributed by atoms with Gasteiger partial charge in [0.1, 0.15) is 16.5 Å². The standard InChI is InChI=1S/C19H20F2N2O3S/c1-14-7-8-17(21)18(13-14)27(25,26)23-10-4-9-22(11-12-23)19(24)15-5-2-3-6-16(15)20/h2-3,5-8,13H,4,9-12H2,1H3. The highest BCUT2D eigenvalue weighted by Gasteiger charge is 2.31. The number of sulfonamides is 1. The van der Waals surface area contributed by atoms with Gasteiger partial charge in [-0.1, -0.05) is 18.2 Å². The molecule has 0 bridgehead atoms. The molecule has 2 aromatic carbocycles. The molecule has 0 saturated carbocycles. The first-order valence-corrected chi connectivity index (χ1v) is 10.0. The molecule has 0 aromatic heterocycles. The van der Waals surface area contributed by atoms with Gasteiger partial charge in [0.25, 0.3) is 5.91 Å². The van der Waals surface area contributed by atoms with E-state index in [9.17, 15) is 22.0 Å². The molecule has 5 nitrogen and oxygen atoms in total. The zero-order valence-corrected chi connectivity index (χ0v) is 15.7. The molecule has 144 valence electrons. The molecular formula is C19H20F2N2O3S. The van der Waals surface area contributed by atoms with Crippen molar-refractivity contribution in [3.05, 3.63) is 65.2 Å². The molecule has 0 N–H and O–H groups in total. The van der Waals surface area contributed by atoms with Crippen LogP contribution in [0.4, 0.5) is 8.78 Å². The van der Waals surface area contributed by atoms with E-state index in [0.29, 0.717) is 18.5 Å². The maximum atomic E-state index is 14.1. The van der Waals surface area contributed by atoms with Gasteiger partial charge < -0.3 is 4.90 Å². The Balaban J connectivity index is 1.79. The summed E-state index contributed by atoms with van der Waals surface area (Å²) in [5.74, 6) is -1.89. The topological polar surface area (TPSA) is 57.7 Å². The molecule has 1 aliphatic heterocycles. The number of carbonyl (C=O) groups excluding carboxylic acids is 1. The number of nitrogens with zero attached hydrogens (tertiary/aromatic N) is 2. The fraction of sp³-hybridized carbons (Fsp3) is 0.316. The van der Waals surface area contributed by atoms with Gasteiger partial charge in [-0.2, -0.15) is 4.31 Å². The molecule has 0 aliphatic carbocycles. The van der Waals surface area contributed by atoms with E-state index in [2.05, 4.69) is 0 Å². The van der Waals surface area contributed by atoms with Crippen LogP contribution in [0.1, 0.15) is 22.3 Å². The normalized spacial score (nSPS) is 16.2. The van der Waals surface area contributed by atoms with E-state index in [4.69, 9.17) is 0 Å². The first-order valence-electron chi connectivity index (χ1n) is 8.61. The number of hydrogen-bond donors (Lipinski definition) is 0. The highest BCUT2D eigenvalue weighted by molar-refractivity contribution is 7.89. The van der Waals surface area contributed by atoms with Crippen molar-refractivity contribution in [2.24, 2.45) is 0 Å². The van der Waals surface area contributed by atoms with Gasteiger partial charge in [-0.05, 0) is 43.2 Å². The van der Waals surface area contributed by atoms with Crippen LogP contribution in [0.5, 0.6) is 0 Å². The van der Waals surface area contributed by atoms with Crippen molar-refractivity contribution in [3.63, 3.8) is 0 Å². The molecule has 3 rings (SSSR count). The van der Waals surface area contributed by atoms with Crippen LogP contribution in [0.15, 0.2) is 47.4 Å².